The molecule has 0 aliphatic heterocycles. The number of rotatable bonds is 8. The first-order valence-electron chi connectivity index (χ1n) is 7.38. The van der Waals surface area contributed by atoms with E-state index in [1.54, 1.807) is 18.2 Å². The van der Waals surface area contributed by atoms with Gasteiger partial charge in [0.2, 0.25) is 11.9 Å². The number of hydrogen-bond acceptors (Lipinski definition) is 9. The van der Waals surface area contributed by atoms with Crippen molar-refractivity contribution >= 4 is 35.3 Å². The fraction of sp³-hybridized carbons (Fsp3) is 0.333. The number of ether oxygens (including phenoxy) is 3. The second kappa shape index (κ2) is 8.94. The molecule has 1 heterocycles. The summed E-state index contributed by atoms with van der Waals surface area (Å²) in [7, 11) is 4.32. The van der Waals surface area contributed by atoms with Crippen molar-refractivity contribution < 1.29 is 23.8 Å². The number of benzene rings is 1. The predicted molar refractivity (Wildman–Crippen MR) is 95.4 cm³/mol. The standard InChI is InChI=1S/C15H19N5O5S/c1-23-9-4-5-10(11(6-9)24-2)17-12(21)7-20-14(16)18-19-15(20)26-8-13(22)25-3/h4-6H,7-8H2,1-3H3,(H2,16,18)(H,17,21). The lowest BCUT2D eigenvalue weighted by Gasteiger charge is -2.12. The fourth-order valence-electron chi connectivity index (χ4n) is 1.97. The van der Waals surface area contributed by atoms with Crippen LogP contribution in [0.3, 0.4) is 0 Å². The van der Waals surface area contributed by atoms with E-state index in [1.807, 2.05) is 0 Å². The molecule has 1 aromatic heterocycles. The molecule has 2 aromatic rings. The maximum Gasteiger partial charge on any atom is 0.316 e. The highest BCUT2D eigenvalue weighted by atomic mass is 32.2. The van der Waals surface area contributed by atoms with Crippen molar-refractivity contribution in [3.8, 4) is 11.5 Å². The molecular weight excluding hydrogens is 362 g/mol. The highest BCUT2D eigenvalue weighted by Gasteiger charge is 2.16. The molecule has 0 saturated heterocycles. The molecule has 10 nitrogen and oxygen atoms in total. The van der Waals surface area contributed by atoms with Gasteiger partial charge in [-0.25, -0.2) is 0 Å². The molecule has 2 rings (SSSR count). The lowest BCUT2D eigenvalue weighted by atomic mass is 10.2. The number of amides is 1. The van der Waals surface area contributed by atoms with Gasteiger partial charge < -0.3 is 25.3 Å². The summed E-state index contributed by atoms with van der Waals surface area (Å²) >= 11 is 1.08. The molecule has 140 valence electrons. The summed E-state index contributed by atoms with van der Waals surface area (Å²) in [6.07, 6.45) is 0. The molecule has 1 aromatic carbocycles. The van der Waals surface area contributed by atoms with Crippen LogP contribution in [0.25, 0.3) is 0 Å². The molecule has 0 unspecified atom stereocenters. The third kappa shape index (κ3) is 4.79. The Morgan fingerprint density at radius 1 is 1.23 bits per heavy atom. The van der Waals surface area contributed by atoms with Gasteiger partial charge in [0.15, 0.2) is 5.16 Å². The summed E-state index contributed by atoms with van der Waals surface area (Å²) in [4.78, 5) is 23.6. The summed E-state index contributed by atoms with van der Waals surface area (Å²) in [5, 5.41) is 10.7. The zero-order chi connectivity index (χ0) is 19.1. The first kappa shape index (κ1) is 19.4. The van der Waals surface area contributed by atoms with E-state index in [4.69, 9.17) is 15.2 Å². The number of nitrogens with zero attached hydrogens (tertiary/aromatic N) is 3. The second-order valence-corrected chi connectivity index (χ2v) is 5.85. The van der Waals surface area contributed by atoms with E-state index in [0.29, 0.717) is 22.3 Å². The molecule has 0 bridgehead atoms. The van der Waals surface area contributed by atoms with Crippen LogP contribution in [-0.4, -0.2) is 53.7 Å². The molecule has 0 atom stereocenters. The highest BCUT2D eigenvalue weighted by molar-refractivity contribution is 7.99. The van der Waals surface area contributed by atoms with Crippen LogP contribution in [0.1, 0.15) is 0 Å². The van der Waals surface area contributed by atoms with Crippen molar-refractivity contribution in [3.05, 3.63) is 18.2 Å². The minimum Gasteiger partial charge on any atom is -0.497 e. The van der Waals surface area contributed by atoms with Gasteiger partial charge in [0.05, 0.1) is 32.8 Å². The van der Waals surface area contributed by atoms with Crippen LogP contribution in [-0.2, 0) is 20.9 Å². The molecule has 26 heavy (non-hydrogen) atoms. The van der Waals surface area contributed by atoms with Crippen LogP contribution in [0.5, 0.6) is 11.5 Å². The van der Waals surface area contributed by atoms with Crippen LogP contribution in [0.2, 0.25) is 0 Å². The van der Waals surface area contributed by atoms with Gasteiger partial charge in [0.25, 0.3) is 0 Å². The number of carbonyl (C=O) groups is 2. The average Bonchev–Trinajstić information content (AvgIpc) is 2.99. The predicted octanol–water partition coefficient (Wildman–Crippen LogP) is 0.781. The van der Waals surface area contributed by atoms with Crippen molar-refractivity contribution in [2.24, 2.45) is 0 Å². The van der Waals surface area contributed by atoms with Crippen LogP contribution >= 0.6 is 11.8 Å². The second-order valence-electron chi connectivity index (χ2n) is 4.91. The normalized spacial score (nSPS) is 10.3. The largest absolute Gasteiger partial charge is 0.497 e. The molecular formula is C15H19N5O5S. The van der Waals surface area contributed by atoms with Gasteiger partial charge >= 0.3 is 5.97 Å². The summed E-state index contributed by atoms with van der Waals surface area (Å²) in [6.45, 7) is -0.127. The van der Waals surface area contributed by atoms with E-state index in [2.05, 4.69) is 20.3 Å². The number of carbonyl (C=O) groups excluding carboxylic acids is 2. The van der Waals surface area contributed by atoms with Crippen molar-refractivity contribution in [2.75, 3.05) is 38.1 Å². The fourth-order valence-corrected chi connectivity index (χ4v) is 2.75. The number of nitrogens with one attached hydrogen (secondary N) is 1. The van der Waals surface area contributed by atoms with E-state index in [-0.39, 0.29) is 24.2 Å². The smallest absolute Gasteiger partial charge is 0.316 e. The van der Waals surface area contributed by atoms with Gasteiger partial charge in [0.1, 0.15) is 18.0 Å². The molecule has 0 fully saturated rings. The number of aromatic nitrogens is 3. The van der Waals surface area contributed by atoms with E-state index in [9.17, 15) is 9.59 Å². The Bertz CT molecular complexity index is 795. The molecule has 3 N–H and O–H groups in total. The van der Waals surface area contributed by atoms with Gasteiger partial charge in [-0.05, 0) is 12.1 Å². The molecule has 11 heteroatoms. The molecule has 0 aliphatic rings. The van der Waals surface area contributed by atoms with Gasteiger partial charge in [-0.15, -0.1) is 10.2 Å². The van der Waals surface area contributed by atoms with E-state index in [0.717, 1.165) is 11.8 Å². The summed E-state index contributed by atoms with van der Waals surface area (Å²) in [5.74, 6) is 0.367. The van der Waals surface area contributed by atoms with Gasteiger partial charge in [0, 0.05) is 6.07 Å². The molecule has 0 aliphatic carbocycles. The minimum absolute atomic E-state index is 0.0303. The van der Waals surface area contributed by atoms with Crippen LogP contribution < -0.4 is 20.5 Å². The number of thioether (sulfide) groups is 1. The highest BCUT2D eigenvalue weighted by Crippen LogP contribution is 2.29. The zero-order valence-corrected chi connectivity index (χ0v) is 15.3. The SMILES string of the molecule is COC(=O)CSc1nnc(N)n1CC(=O)Nc1ccc(OC)cc1OC. The van der Waals surface area contributed by atoms with Crippen LogP contribution in [0.15, 0.2) is 23.4 Å². The monoisotopic (exact) mass is 381 g/mol. The number of nitrogens with two attached hydrogens (primary N) is 1. The van der Waals surface area contributed by atoms with E-state index < -0.39 is 5.97 Å². The molecule has 0 spiro atoms. The number of methoxy groups -OCH3 is 3. The lowest BCUT2D eigenvalue weighted by molar-refractivity contribution is -0.137. The van der Waals surface area contributed by atoms with Gasteiger partial charge in [-0.2, -0.15) is 0 Å². The molecule has 0 saturated carbocycles. The number of hydrogen-bond donors (Lipinski definition) is 2. The van der Waals surface area contributed by atoms with Crippen molar-refractivity contribution in [2.45, 2.75) is 11.7 Å². The first-order chi connectivity index (χ1) is 12.5. The van der Waals surface area contributed by atoms with Crippen molar-refractivity contribution in [1.82, 2.24) is 14.8 Å². The number of esters is 1. The van der Waals surface area contributed by atoms with Crippen molar-refractivity contribution in [1.29, 1.82) is 0 Å². The number of nitrogen functional groups attached to an aromatic ring is 1. The number of anilines is 2. The Kier molecular flexibility index (Phi) is 6.67. The Balaban J connectivity index is 2.08. The Labute approximate surface area is 154 Å². The summed E-state index contributed by atoms with van der Waals surface area (Å²) < 4.78 is 16.3. The maximum absolute atomic E-state index is 12.4. The quantitative estimate of drug-likeness (QED) is 0.503. The average molecular weight is 381 g/mol. The Hall–Kier alpha value is -2.95. The van der Waals surface area contributed by atoms with Crippen LogP contribution in [0, 0.1) is 0 Å². The third-order valence-corrected chi connectivity index (χ3v) is 4.22. The van der Waals surface area contributed by atoms with Gasteiger partial charge in [-0.3, -0.25) is 14.2 Å². The summed E-state index contributed by atoms with van der Waals surface area (Å²) in [6, 6.07) is 5.02. The minimum atomic E-state index is -0.421. The third-order valence-electron chi connectivity index (χ3n) is 3.28. The summed E-state index contributed by atoms with van der Waals surface area (Å²) in [5.41, 5.74) is 6.23. The van der Waals surface area contributed by atoms with Crippen LogP contribution in [0.4, 0.5) is 11.6 Å². The maximum atomic E-state index is 12.4. The Morgan fingerprint density at radius 3 is 2.65 bits per heavy atom. The van der Waals surface area contributed by atoms with E-state index in [1.165, 1.54) is 25.9 Å². The Morgan fingerprint density at radius 2 is 2.00 bits per heavy atom. The van der Waals surface area contributed by atoms with Gasteiger partial charge in [-0.1, -0.05) is 11.8 Å². The van der Waals surface area contributed by atoms with Crippen molar-refractivity contribution in [3.63, 3.8) is 0 Å². The zero-order valence-electron chi connectivity index (χ0n) is 14.5. The van der Waals surface area contributed by atoms with E-state index >= 15 is 0 Å². The topological polar surface area (TPSA) is 131 Å². The lowest BCUT2D eigenvalue weighted by Crippen LogP contribution is -2.21. The molecule has 1 amide bonds. The first-order valence-corrected chi connectivity index (χ1v) is 8.37. The molecule has 0 radical (unpaired) electrons.